The number of nitrogens with zero attached hydrogens (tertiary/aromatic N) is 8. The summed E-state index contributed by atoms with van der Waals surface area (Å²) < 4.78 is 39.0. The van der Waals surface area contributed by atoms with Crippen LogP contribution in [0.15, 0.2) is 301 Å². The maximum Gasteiger partial charge on any atom is 0.307 e. The van der Waals surface area contributed by atoms with Crippen molar-refractivity contribution in [2.75, 3.05) is 0 Å². The van der Waals surface area contributed by atoms with Gasteiger partial charge in [-0.1, -0.05) is 140 Å². The van der Waals surface area contributed by atoms with E-state index in [1.165, 1.54) is 5.56 Å². The summed E-state index contributed by atoms with van der Waals surface area (Å²) in [5.74, 6) is 1.49. The van der Waals surface area contributed by atoms with Crippen molar-refractivity contribution >= 4 is 121 Å². The zero-order chi connectivity index (χ0) is 62.7. The Hall–Kier alpha value is -13.4. The number of rotatable bonds is 9. The number of para-hydroxylation sites is 5. The molecule has 96 heavy (non-hydrogen) atoms. The number of oxazole rings is 5. The molecule has 0 amide bonds. The Morgan fingerprint density at radius 2 is 0.635 bits per heavy atom. The fraction of sp³-hybridized carbons (Fsp3) is 0. The molecule has 13 heteroatoms. The van der Waals surface area contributed by atoms with E-state index in [9.17, 15) is 0 Å². The molecule has 8 heterocycles. The van der Waals surface area contributed by atoms with Crippen LogP contribution in [0.5, 0.6) is 0 Å². The molecule has 0 spiro atoms. The second kappa shape index (κ2) is 20.1. The third-order valence-corrected chi connectivity index (χ3v) is 18.8. The number of hydrogen-bond donors (Lipinski definition) is 0. The minimum absolute atomic E-state index is 0.462. The van der Waals surface area contributed by atoms with Crippen molar-refractivity contribution in [2.45, 2.75) is 0 Å². The monoisotopic (exact) mass is 1230 g/mol. The first-order valence-corrected chi connectivity index (χ1v) is 31.8. The van der Waals surface area contributed by atoms with E-state index in [-0.39, 0.29) is 0 Å². The van der Waals surface area contributed by atoms with E-state index >= 15 is 0 Å². The van der Waals surface area contributed by atoms with E-state index < -0.39 is 0 Å². The lowest BCUT2D eigenvalue weighted by Crippen LogP contribution is -1.93. The Labute approximate surface area is 543 Å². The highest BCUT2D eigenvalue weighted by Crippen LogP contribution is 2.43. The van der Waals surface area contributed by atoms with Gasteiger partial charge in [-0.15, -0.1) is 0 Å². The molecule has 0 saturated heterocycles. The van der Waals surface area contributed by atoms with E-state index in [2.05, 4.69) is 207 Å². The summed E-state index contributed by atoms with van der Waals surface area (Å²) in [6, 6.07) is 97.1. The van der Waals surface area contributed by atoms with Crippen LogP contribution in [0.2, 0.25) is 0 Å². The first kappa shape index (κ1) is 52.3. The zero-order valence-electron chi connectivity index (χ0n) is 50.7. The predicted octanol–water partition coefficient (Wildman–Crippen LogP) is 21.7. The van der Waals surface area contributed by atoms with Crippen LogP contribution in [0.25, 0.3) is 206 Å². The fourth-order valence-corrected chi connectivity index (χ4v) is 14.4. The quantitative estimate of drug-likeness (QED) is 0.137. The van der Waals surface area contributed by atoms with E-state index in [0.29, 0.717) is 57.6 Å². The van der Waals surface area contributed by atoms with Crippen molar-refractivity contribution in [2.24, 2.45) is 0 Å². The molecule has 0 radical (unpaired) electrons. The van der Waals surface area contributed by atoms with E-state index in [4.69, 9.17) is 42.0 Å². The van der Waals surface area contributed by atoms with Crippen LogP contribution in [-0.4, -0.2) is 38.6 Å². The molecule has 0 aliphatic heterocycles. The molecular formula is C83H46N8O5. The molecule has 0 fully saturated rings. The highest BCUT2D eigenvalue weighted by atomic mass is 16.4. The molecule has 0 unspecified atom stereocenters. The normalized spacial score (nSPS) is 12.2. The number of benzene rings is 13. The number of aromatic nitrogens is 8. The van der Waals surface area contributed by atoms with Crippen molar-refractivity contribution in [3.8, 4) is 85.5 Å². The average molecular weight is 1240 g/mol. The van der Waals surface area contributed by atoms with E-state index in [1.807, 2.05) is 91.0 Å². The lowest BCUT2D eigenvalue weighted by atomic mass is 9.95. The highest BCUT2D eigenvalue weighted by Gasteiger charge is 2.24. The summed E-state index contributed by atoms with van der Waals surface area (Å²) in [4.78, 5) is 24.7. The maximum absolute atomic E-state index is 6.72. The molecule has 448 valence electrons. The lowest BCUT2D eigenvalue weighted by molar-refractivity contribution is 0.573. The Morgan fingerprint density at radius 3 is 1.28 bits per heavy atom. The van der Waals surface area contributed by atoms with Crippen molar-refractivity contribution in [1.82, 2.24) is 38.6 Å². The largest absolute Gasteiger partial charge is 0.436 e. The van der Waals surface area contributed by atoms with Crippen LogP contribution >= 0.6 is 0 Å². The molecule has 13 aromatic carbocycles. The molecule has 0 aliphatic rings. The van der Waals surface area contributed by atoms with Gasteiger partial charge < -0.3 is 26.7 Å². The van der Waals surface area contributed by atoms with Gasteiger partial charge in [-0.2, -0.15) is 9.97 Å². The standard InChI is InChI=1S/C83H46N8O5/c1-2-14-47(15-3-1)49-31-39-71-61(41-49)58-19-5-9-24-68(58)90(71)82-87-65-35-30-54(45-75(65)95-82)81-86-64-37-33-55(46-77(64)94-81)89-67-23-8-4-18-57(67)60-42-50(32-38-70(60)89)48-16-12-17-51(40-48)56-21-13-26-72-78(56)59-20-6-10-25-69(59)91(72)83-88-66-36-29-53(44-76(66)96-83)80-85-63-34-28-52(43-74(63)93-80)79-84-62-22-7-11-27-73(62)92-79/h1-46H. The van der Waals surface area contributed by atoms with Crippen molar-refractivity contribution in [3.05, 3.63) is 279 Å². The molecule has 0 bridgehead atoms. The Kier molecular flexibility index (Phi) is 10.9. The minimum Gasteiger partial charge on any atom is -0.436 e. The molecule has 0 aliphatic carbocycles. The van der Waals surface area contributed by atoms with Gasteiger partial charge in [0.05, 0.1) is 38.8 Å². The molecule has 0 saturated carbocycles. The third kappa shape index (κ3) is 8.01. The molecule has 0 atom stereocenters. The van der Waals surface area contributed by atoms with Crippen LogP contribution in [0.4, 0.5) is 0 Å². The first-order valence-electron chi connectivity index (χ1n) is 31.8. The summed E-state index contributed by atoms with van der Waals surface area (Å²) in [6.07, 6.45) is 0. The van der Waals surface area contributed by atoms with Gasteiger partial charge in [0, 0.05) is 55.1 Å². The summed E-state index contributed by atoms with van der Waals surface area (Å²) >= 11 is 0. The summed E-state index contributed by atoms with van der Waals surface area (Å²) in [6.45, 7) is 0. The minimum atomic E-state index is 0.462. The molecule has 21 aromatic rings. The van der Waals surface area contributed by atoms with E-state index in [1.54, 1.807) is 0 Å². The second-order valence-corrected chi connectivity index (χ2v) is 24.4. The van der Waals surface area contributed by atoms with Crippen molar-refractivity contribution < 1.29 is 22.1 Å². The topological polar surface area (TPSA) is 145 Å². The Balaban J connectivity index is 0.592. The summed E-state index contributed by atoms with van der Waals surface area (Å²) in [5.41, 5.74) is 23.2. The molecule has 8 aromatic heterocycles. The number of fused-ring (bicyclic) bond motifs is 14. The average Bonchev–Trinajstić information content (AvgIpc) is 1.59. The molecule has 13 nitrogen and oxygen atoms in total. The van der Waals surface area contributed by atoms with Gasteiger partial charge in [-0.25, -0.2) is 15.0 Å². The molecule has 21 rings (SSSR count). The maximum atomic E-state index is 6.72. The van der Waals surface area contributed by atoms with Gasteiger partial charge in [0.15, 0.2) is 27.9 Å². The van der Waals surface area contributed by atoms with Crippen LogP contribution in [0.1, 0.15) is 0 Å². The highest BCUT2D eigenvalue weighted by molar-refractivity contribution is 6.16. The van der Waals surface area contributed by atoms with Crippen molar-refractivity contribution in [1.29, 1.82) is 0 Å². The van der Waals surface area contributed by atoms with Gasteiger partial charge in [0.1, 0.15) is 27.6 Å². The van der Waals surface area contributed by atoms with Crippen LogP contribution in [-0.2, 0) is 0 Å². The van der Waals surface area contributed by atoms with Crippen molar-refractivity contribution in [3.63, 3.8) is 0 Å². The Morgan fingerprint density at radius 1 is 0.219 bits per heavy atom. The summed E-state index contributed by atoms with van der Waals surface area (Å²) in [7, 11) is 0. The van der Waals surface area contributed by atoms with Crippen LogP contribution in [0.3, 0.4) is 0 Å². The first-order chi connectivity index (χ1) is 47.5. The predicted molar refractivity (Wildman–Crippen MR) is 380 cm³/mol. The third-order valence-electron chi connectivity index (χ3n) is 18.8. The van der Waals surface area contributed by atoms with Crippen LogP contribution < -0.4 is 0 Å². The Bertz CT molecular complexity index is 6780. The second-order valence-electron chi connectivity index (χ2n) is 24.4. The SMILES string of the molecule is c1ccc(-c2ccc3c(c2)c2ccccc2n3-c2nc3ccc(-c4nc5ccc(-n6c7ccccc7c7cc(-c8cccc(-c9cccc%10c9c9ccccc9n%10-c9nc%10ccc(-c%11nc%12ccc(-c%13nc%14ccccc%14o%13)cc%12o%11)cc%10o9)c8)ccc76)cc5o4)cc3o2)cc1. The lowest BCUT2D eigenvalue weighted by Gasteiger charge is -2.10. The summed E-state index contributed by atoms with van der Waals surface area (Å²) in [5, 5.41) is 6.74. The molecular weight excluding hydrogens is 1190 g/mol. The van der Waals surface area contributed by atoms with Gasteiger partial charge in [0.2, 0.25) is 17.7 Å². The van der Waals surface area contributed by atoms with Gasteiger partial charge in [-0.05, 0) is 167 Å². The number of hydrogen-bond acceptors (Lipinski definition) is 10. The van der Waals surface area contributed by atoms with Crippen LogP contribution in [0, 0.1) is 0 Å². The molecule has 0 N–H and O–H groups in total. The van der Waals surface area contributed by atoms with Gasteiger partial charge in [-0.3, -0.25) is 9.13 Å². The fourth-order valence-electron chi connectivity index (χ4n) is 14.4. The van der Waals surface area contributed by atoms with E-state index in [0.717, 1.165) is 143 Å². The van der Waals surface area contributed by atoms with Gasteiger partial charge >= 0.3 is 12.0 Å². The van der Waals surface area contributed by atoms with Gasteiger partial charge in [0.25, 0.3) is 0 Å². The smallest absolute Gasteiger partial charge is 0.307 e. The zero-order valence-corrected chi connectivity index (χ0v) is 50.7.